The summed E-state index contributed by atoms with van der Waals surface area (Å²) in [6, 6.07) is 4.03. The van der Waals surface area contributed by atoms with E-state index in [0.717, 1.165) is 36.9 Å². The highest BCUT2D eigenvalue weighted by Crippen LogP contribution is 2.13. The van der Waals surface area contributed by atoms with Crippen LogP contribution >= 0.6 is 24.0 Å². The number of aliphatic imine (C=N–C) groups is 1. The maximum atomic E-state index is 5.78. The van der Waals surface area contributed by atoms with Gasteiger partial charge in [-0.2, -0.15) is 0 Å². The Morgan fingerprint density at radius 2 is 2.04 bits per heavy atom. The molecule has 6 nitrogen and oxygen atoms in total. The first-order chi connectivity index (χ1) is 11.5. The number of aromatic nitrogens is 1. The van der Waals surface area contributed by atoms with Gasteiger partial charge in [0.25, 0.3) is 0 Å². The van der Waals surface area contributed by atoms with Gasteiger partial charge < -0.3 is 20.3 Å². The van der Waals surface area contributed by atoms with E-state index in [1.54, 1.807) is 7.05 Å². The third-order valence-electron chi connectivity index (χ3n) is 3.81. The summed E-state index contributed by atoms with van der Waals surface area (Å²) >= 11 is 0. The molecule has 0 radical (unpaired) electrons. The fourth-order valence-electron chi connectivity index (χ4n) is 2.53. The first-order valence-electron chi connectivity index (χ1n) is 8.66. The van der Waals surface area contributed by atoms with E-state index in [0.29, 0.717) is 12.5 Å². The number of hydrogen-bond acceptors (Lipinski definition) is 4. The topological polar surface area (TPSA) is 61.8 Å². The van der Waals surface area contributed by atoms with Crippen LogP contribution in [0, 0.1) is 5.92 Å². The predicted molar refractivity (Wildman–Crippen MR) is 117 cm³/mol. The highest BCUT2D eigenvalue weighted by molar-refractivity contribution is 14.0. The van der Waals surface area contributed by atoms with Gasteiger partial charge in [0.1, 0.15) is 5.82 Å². The van der Waals surface area contributed by atoms with Gasteiger partial charge in [0.15, 0.2) is 5.96 Å². The number of nitrogens with zero attached hydrogens (tertiary/aromatic N) is 3. The number of rotatable bonds is 9. The fraction of sp³-hybridized carbons (Fsp3) is 0.667. The molecular weight excluding hydrogens is 429 g/mol. The summed E-state index contributed by atoms with van der Waals surface area (Å²) in [7, 11) is 5.78. The normalized spacial score (nSPS) is 12.5. The van der Waals surface area contributed by atoms with Gasteiger partial charge in [0.05, 0.1) is 6.10 Å². The second-order valence-electron chi connectivity index (χ2n) is 6.26. The van der Waals surface area contributed by atoms with Crippen molar-refractivity contribution in [2.45, 2.75) is 39.8 Å². The van der Waals surface area contributed by atoms with Gasteiger partial charge in [-0.3, -0.25) is 4.99 Å². The summed E-state index contributed by atoms with van der Waals surface area (Å²) < 4.78 is 5.78. The highest BCUT2D eigenvalue weighted by Gasteiger charge is 2.13. The molecule has 7 heteroatoms. The third kappa shape index (κ3) is 8.71. The van der Waals surface area contributed by atoms with Crippen molar-refractivity contribution in [1.82, 2.24) is 15.6 Å². The third-order valence-corrected chi connectivity index (χ3v) is 3.81. The molecule has 2 N–H and O–H groups in total. The lowest BCUT2D eigenvalue weighted by Gasteiger charge is -2.22. The standard InChI is InChI=1S/C18H33N5O.HI/c1-7-24-16(14(2)3)10-12-21-18(19-4)22-13-15-9-8-11-20-17(15)23(5)6;/h8-9,11,14,16H,7,10,12-13H2,1-6H3,(H2,19,21,22);1H. The molecule has 0 bridgehead atoms. The number of halogens is 1. The highest BCUT2D eigenvalue weighted by atomic mass is 127. The summed E-state index contributed by atoms with van der Waals surface area (Å²) in [5.41, 5.74) is 1.14. The number of hydrogen-bond donors (Lipinski definition) is 2. The zero-order chi connectivity index (χ0) is 17.9. The molecule has 144 valence electrons. The Balaban J connectivity index is 0.00000576. The van der Waals surface area contributed by atoms with Crippen molar-refractivity contribution in [3.05, 3.63) is 23.9 Å². The largest absolute Gasteiger partial charge is 0.378 e. The van der Waals surface area contributed by atoms with Gasteiger partial charge in [-0.25, -0.2) is 4.98 Å². The molecule has 1 aromatic rings. The van der Waals surface area contributed by atoms with Crippen molar-refractivity contribution in [1.29, 1.82) is 0 Å². The number of nitrogens with one attached hydrogen (secondary N) is 2. The maximum absolute atomic E-state index is 5.78. The second-order valence-corrected chi connectivity index (χ2v) is 6.26. The summed E-state index contributed by atoms with van der Waals surface area (Å²) in [5, 5.41) is 6.70. The van der Waals surface area contributed by atoms with Crippen LogP contribution in [-0.2, 0) is 11.3 Å². The lowest BCUT2D eigenvalue weighted by molar-refractivity contribution is 0.0258. The Morgan fingerprint density at radius 1 is 1.32 bits per heavy atom. The van der Waals surface area contributed by atoms with Crippen LogP contribution in [0.2, 0.25) is 0 Å². The molecule has 0 saturated heterocycles. The van der Waals surface area contributed by atoms with E-state index in [2.05, 4.69) is 40.5 Å². The molecule has 1 atom stereocenters. The lowest BCUT2D eigenvalue weighted by atomic mass is 10.0. The van der Waals surface area contributed by atoms with Gasteiger partial charge in [-0.1, -0.05) is 19.9 Å². The van der Waals surface area contributed by atoms with E-state index < -0.39 is 0 Å². The van der Waals surface area contributed by atoms with E-state index in [9.17, 15) is 0 Å². The van der Waals surface area contributed by atoms with Gasteiger partial charge >= 0.3 is 0 Å². The Labute approximate surface area is 169 Å². The maximum Gasteiger partial charge on any atom is 0.191 e. The number of pyridine rings is 1. The van der Waals surface area contributed by atoms with Crippen LogP contribution < -0.4 is 15.5 Å². The van der Waals surface area contributed by atoms with Crippen LogP contribution in [0.25, 0.3) is 0 Å². The Morgan fingerprint density at radius 3 is 2.60 bits per heavy atom. The molecule has 0 spiro atoms. The lowest BCUT2D eigenvalue weighted by Crippen LogP contribution is -2.39. The summed E-state index contributed by atoms with van der Waals surface area (Å²) in [6.07, 6.45) is 3.05. The van der Waals surface area contributed by atoms with Crippen LogP contribution in [-0.4, -0.2) is 51.3 Å². The molecule has 0 saturated carbocycles. The number of ether oxygens (including phenoxy) is 1. The first-order valence-corrected chi connectivity index (χ1v) is 8.66. The van der Waals surface area contributed by atoms with Crippen LogP contribution in [0.5, 0.6) is 0 Å². The Bertz CT molecular complexity index is 508. The molecule has 0 aromatic carbocycles. The SMILES string of the molecule is CCOC(CCNC(=NC)NCc1cccnc1N(C)C)C(C)C.I. The molecule has 1 aromatic heterocycles. The van der Waals surface area contributed by atoms with E-state index in [-0.39, 0.29) is 30.1 Å². The molecule has 0 aliphatic carbocycles. The van der Waals surface area contributed by atoms with E-state index in [1.165, 1.54) is 0 Å². The number of guanidine groups is 1. The molecular formula is C18H34IN5O. The smallest absolute Gasteiger partial charge is 0.191 e. The van der Waals surface area contributed by atoms with Gasteiger partial charge in [0, 0.05) is 52.6 Å². The van der Waals surface area contributed by atoms with Crippen LogP contribution in [0.4, 0.5) is 5.82 Å². The average Bonchev–Trinajstić information content (AvgIpc) is 2.56. The van der Waals surface area contributed by atoms with Gasteiger partial charge in [-0.15, -0.1) is 24.0 Å². The van der Waals surface area contributed by atoms with Crippen LogP contribution in [0.15, 0.2) is 23.3 Å². The van der Waals surface area contributed by atoms with Crippen LogP contribution in [0.1, 0.15) is 32.8 Å². The molecule has 25 heavy (non-hydrogen) atoms. The minimum atomic E-state index is 0. The van der Waals surface area contributed by atoms with Crippen molar-refractivity contribution in [3.63, 3.8) is 0 Å². The minimum absolute atomic E-state index is 0. The fourth-order valence-corrected chi connectivity index (χ4v) is 2.53. The summed E-state index contributed by atoms with van der Waals surface area (Å²) in [5.74, 6) is 2.28. The minimum Gasteiger partial charge on any atom is -0.378 e. The number of anilines is 1. The zero-order valence-electron chi connectivity index (χ0n) is 16.4. The monoisotopic (exact) mass is 463 g/mol. The van der Waals surface area contributed by atoms with Crippen LogP contribution in [0.3, 0.4) is 0 Å². The summed E-state index contributed by atoms with van der Waals surface area (Å²) in [6.45, 7) is 8.69. The summed E-state index contributed by atoms with van der Waals surface area (Å²) in [4.78, 5) is 10.7. The van der Waals surface area contributed by atoms with E-state index in [4.69, 9.17) is 4.74 Å². The molecule has 0 amide bonds. The molecule has 1 rings (SSSR count). The van der Waals surface area contributed by atoms with Crippen molar-refractivity contribution in [2.24, 2.45) is 10.9 Å². The molecule has 1 unspecified atom stereocenters. The average molecular weight is 463 g/mol. The second kappa shape index (κ2) is 13.2. The van der Waals surface area contributed by atoms with Gasteiger partial charge in [0.2, 0.25) is 0 Å². The Hall–Kier alpha value is -1.09. The molecule has 0 aliphatic rings. The quantitative estimate of drug-likeness (QED) is 0.335. The molecule has 1 heterocycles. The van der Waals surface area contributed by atoms with Crippen molar-refractivity contribution < 1.29 is 4.74 Å². The van der Waals surface area contributed by atoms with Crippen molar-refractivity contribution >= 4 is 35.8 Å². The first kappa shape index (κ1) is 23.9. The van der Waals surface area contributed by atoms with Gasteiger partial charge in [-0.05, 0) is 25.3 Å². The van der Waals surface area contributed by atoms with Crippen molar-refractivity contribution in [3.8, 4) is 0 Å². The Kier molecular flexibility index (Phi) is 12.6. The molecule has 0 fully saturated rings. The predicted octanol–water partition coefficient (Wildman–Crippen LogP) is 2.88. The van der Waals surface area contributed by atoms with E-state index in [1.807, 2.05) is 38.2 Å². The zero-order valence-corrected chi connectivity index (χ0v) is 18.7. The molecule has 0 aliphatic heterocycles. The van der Waals surface area contributed by atoms with E-state index >= 15 is 0 Å². The van der Waals surface area contributed by atoms with Crippen molar-refractivity contribution in [2.75, 3.05) is 39.2 Å².